The molecule has 0 spiro atoms. The number of methoxy groups -OCH3 is 1. The lowest BCUT2D eigenvalue weighted by Gasteiger charge is -2.11. The van der Waals surface area contributed by atoms with E-state index in [2.05, 4.69) is 20.1 Å². The van der Waals surface area contributed by atoms with E-state index in [-0.39, 0.29) is 0 Å². The van der Waals surface area contributed by atoms with Crippen molar-refractivity contribution in [2.45, 2.75) is 12.5 Å². The summed E-state index contributed by atoms with van der Waals surface area (Å²) in [6.07, 6.45) is 0.383. The Labute approximate surface area is 96.8 Å². The second-order valence-corrected chi connectivity index (χ2v) is 3.34. The monoisotopic (exact) mass is 273 g/mol. The number of hydrogen-bond acceptors (Lipinski definition) is 4. The second kappa shape index (κ2) is 5.72. The molecule has 82 valence electrons. The van der Waals surface area contributed by atoms with Crippen molar-refractivity contribution in [3.8, 4) is 5.75 Å². The molecule has 0 aliphatic carbocycles. The summed E-state index contributed by atoms with van der Waals surface area (Å²) in [6, 6.07) is 6.71. The van der Waals surface area contributed by atoms with Crippen LogP contribution in [0.2, 0.25) is 0 Å². The standard InChI is InChI=1S/C10H12BrNO3/c1-14-9-5-3-2-4-7(9)6-8(12)10(13)15-11/h2-5,8H,6,12H2,1H3. The van der Waals surface area contributed by atoms with E-state index in [0.717, 1.165) is 11.3 Å². The maximum absolute atomic E-state index is 11.1. The molecular weight excluding hydrogens is 262 g/mol. The van der Waals surface area contributed by atoms with Crippen molar-refractivity contribution in [2.75, 3.05) is 7.11 Å². The van der Waals surface area contributed by atoms with Gasteiger partial charge in [-0.1, -0.05) is 18.2 Å². The average Bonchev–Trinajstić information content (AvgIpc) is 2.28. The van der Waals surface area contributed by atoms with Gasteiger partial charge in [-0.3, -0.25) is 0 Å². The van der Waals surface area contributed by atoms with Gasteiger partial charge >= 0.3 is 5.97 Å². The summed E-state index contributed by atoms with van der Waals surface area (Å²) in [7, 11) is 1.58. The zero-order chi connectivity index (χ0) is 11.3. The van der Waals surface area contributed by atoms with E-state index in [1.165, 1.54) is 0 Å². The molecule has 0 radical (unpaired) electrons. The Morgan fingerprint density at radius 2 is 2.20 bits per heavy atom. The second-order valence-electron chi connectivity index (χ2n) is 3.02. The Morgan fingerprint density at radius 3 is 2.80 bits per heavy atom. The minimum absolute atomic E-state index is 0.383. The number of carbonyl (C=O) groups is 1. The summed E-state index contributed by atoms with van der Waals surface area (Å²) in [5, 5.41) is 0. The lowest BCUT2D eigenvalue weighted by atomic mass is 10.1. The molecule has 1 aromatic rings. The van der Waals surface area contributed by atoms with E-state index in [1.807, 2.05) is 24.3 Å². The van der Waals surface area contributed by atoms with Gasteiger partial charge in [-0.05, 0) is 11.6 Å². The van der Waals surface area contributed by atoms with Gasteiger partial charge in [0.1, 0.15) is 11.8 Å². The van der Waals surface area contributed by atoms with Gasteiger partial charge in [0.15, 0.2) is 16.3 Å². The number of nitrogens with two attached hydrogens (primary N) is 1. The summed E-state index contributed by atoms with van der Waals surface area (Å²) in [5.74, 6) is 0.219. The van der Waals surface area contributed by atoms with Gasteiger partial charge in [-0.2, -0.15) is 0 Å². The Morgan fingerprint density at radius 1 is 1.53 bits per heavy atom. The van der Waals surface area contributed by atoms with Crippen molar-refractivity contribution in [3.63, 3.8) is 0 Å². The summed E-state index contributed by atoms with van der Waals surface area (Å²) in [4.78, 5) is 11.1. The highest BCUT2D eigenvalue weighted by atomic mass is 79.9. The van der Waals surface area contributed by atoms with Crippen LogP contribution < -0.4 is 10.5 Å². The summed E-state index contributed by atoms with van der Waals surface area (Å²) < 4.78 is 9.51. The number of benzene rings is 1. The molecule has 0 saturated carbocycles. The fraction of sp³-hybridized carbons (Fsp3) is 0.300. The lowest BCUT2D eigenvalue weighted by molar-refractivity contribution is -0.133. The van der Waals surface area contributed by atoms with Crippen LogP contribution in [0, 0.1) is 0 Å². The van der Waals surface area contributed by atoms with Crippen molar-refractivity contribution >= 4 is 22.2 Å². The van der Waals surface area contributed by atoms with Crippen LogP contribution >= 0.6 is 16.3 Å². The van der Waals surface area contributed by atoms with Crippen LogP contribution in [0.3, 0.4) is 0 Å². The number of carbonyl (C=O) groups excluding carboxylic acids is 1. The molecule has 5 heteroatoms. The average molecular weight is 274 g/mol. The predicted octanol–water partition coefficient (Wildman–Crippen LogP) is 1.42. The third kappa shape index (κ3) is 3.21. The molecule has 0 fully saturated rings. The Balaban J connectivity index is 2.75. The minimum atomic E-state index is -0.694. The molecule has 0 aromatic heterocycles. The molecule has 2 N–H and O–H groups in total. The molecule has 0 aliphatic rings. The maximum Gasteiger partial charge on any atom is 0.334 e. The molecule has 1 rings (SSSR count). The first-order chi connectivity index (χ1) is 7.19. The number of rotatable bonds is 4. The molecule has 0 aliphatic heterocycles. The van der Waals surface area contributed by atoms with E-state index in [0.29, 0.717) is 6.42 Å². The van der Waals surface area contributed by atoms with E-state index >= 15 is 0 Å². The summed E-state index contributed by atoms with van der Waals surface area (Å²) in [5.41, 5.74) is 6.50. The molecule has 0 amide bonds. The molecule has 4 nitrogen and oxygen atoms in total. The highest BCUT2D eigenvalue weighted by molar-refractivity contribution is 9.06. The Bertz CT molecular complexity index is 343. The maximum atomic E-state index is 11.1. The van der Waals surface area contributed by atoms with Crippen LogP contribution in [0.1, 0.15) is 5.56 Å². The predicted molar refractivity (Wildman–Crippen MR) is 59.7 cm³/mol. The van der Waals surface area contributed by atoms with Gasteiger partial charge in [0.25, 0.3) is 0 Å². The van der Waals surface area contributed by atoms with Crippen LogP contribution in [0.25, 0.3) is 0 Å². The van der Waals surface area contributed by atoms with Crippen LogP contribution in [-0.4, -0.2) is 19.1 Å². The molecule has 0 bridgehead atoms. The van der Waals surface area contributed by atoms with Crippen molar-refractivity contribution in [2.24, 2.45) is 5.73 Å². The number of hydrogen-bond donors (Lipinski definition) is 1. The fourth-order valence-corrected chi connectivity index (χ4v) is 1.49. The first-order valence-electron chi connectivity index (χ1n) is 4.39. The third-order valence-electron chi connectivity index (χ3n) is 2.01. The van der Waals surface area contributed by atoms with E-state index in [1.54, 1.807) is 7.11 Å². The number of para-hydroxylation sites is 1. The van der Waals surface area contributed by atoms with Crippen LogP contribution in [-0.2, 0) is 15.0 Å². The minimum Gasteiger partial charge on any atom is -0.496 e. The highest BCUT2D eigenvalue weighted by Gasteiger charge is 2.16. The smallest absolute Gasteiger partial charge is 0.334 e. The molecule has 0 heterocycles. The van der Waals surface area contributed by atoms with Crippen molar-refractivity contribution in [1.82, 2.24) is 0 Å². The molecule has 1 aromatic carbocycles. The SMILES string of the molecule is COc1ccccc1CC(N)C(=O)OBr. The zero-order valence-electron chi connectivity index (χ0n) is 8.27. The van der Waals surface area contributed by atoms with Crippen molar-refractivity contribution < 1.29 is 13.4 Å². The quantitative estimate of drug-likeness (QED) is 0.902. The van der Waals surface area contributed by atoms with Gasteiger partial charge < -0.3 is 14.3 Å². The molecule has 1 atom stereocenters. The third-order valence-corrected chi connectivity index (χ3v) is 2.33. The van der Waals surface area contributed by atoms with E-state index in [9.17, 15) is 4.79 Å². The largest absolute Gasteiger partial charge is 0.496 e. The molecule has 0 saturated heterocycles. The van der Waals surface area contributed by atoms with E-state index in [4.69, 9.17) is 10.5 Å². The summed E-state index contributed by atoms with van der Waals surface area (Å²) in [6.45, 7) is 0. The molecule has 1 unspecified atom stereocenters. The first kappa shape index (κ1) is 12.0. The van der Waals surface area contributed by atoms with Gasteiger partial charge in [0.2, 0.25) is 0 Å². The lowest BCUT2D eigenvalue weighted by Crippen LogP contribution is -2.32. The molecular formula is C10H12BrNO3. The summed E-state index contributed by atoms with van der Waals surface area (Å²) >= 11 is 2.60. The van der Waals surface area contributed by atoms with Crippen LogP contribution in [0.15, 0.2) is 24.3 Å². The van der Waals surface area contributed by atoms with Crippen LogP contribution in [0.5, 0.6) is 5.75 Å². The van der Waals surface area contributed by atoms with Gasteiger partial charge in [-0.15, -0.1) is 0 Å². The number of halogens is 1. The van der Waals surface area contributed by atoms with E-state index < -0.39 is 12.0 Å². The van der Waals surface area contributed by atoms with Crippen LogP contribution in [0.4, 0.5) is 0 Å². The first-order valence-corrected chi connectivity index (χ1v) is 5.03. The normalized spacial score (nSPS) is 11.9. The topological polar surface area (TPSA) is 61.5 Å². The Kier molecular flexibility index (Phi) is 4.58. The van der Waals surface area contributed by atoms with Gasteiger partial charge in [-0.25, -0.2) is 4.79 Å². The zero-order valence-corrected chi connectivity index (χ0v) is 9.86. The Hall–Kier alpha value is -1.07. The van der Waals surface area contributed by atoms with Gasteiger partial charge in [0, 0.05) is 6.42 Å². The van der Waals surface area contributed by atoms with Gasteiger partial charge in [0.05, 0.1) is 7.11 Å². The fourth-order valence-electron chi connectivity index (χ4n) is 1.25. The van der Waals surface area contributed by atoms with Crippen molar-refractivity contribution in [3.05, 3.63) is 29.8 Å². The highest BCUT2D eigenvalue weighted by Crippen LogP contribution is 2.18. The van der Waals surface area contributed by atoms with Crippen molar-refractivity contribution in [1.29, 1.82) is 0 Å². The molecule has 15 heavy (non-hydrogen) atoms. The number of ether oxygens (including phenoxy) is 1.